The van der Waals surface area contributed by atoms with Gasteiger partial charge in [0.1, 0.15) is 18.7 Å². The van der Waals surface area contributed by atoms with E-state index in [1.807, 2.05) is 6.07 Å². The number of carbonyl (C=O) groups is 3. The fourth-order valence-electron chi connectivity index (χ4n) is 3.03. The Morgan fingerprint density at radius 2 is 2.28 bits per heavy atom. The Hall–Kier alpha value is -2.46. The number of rotatable bonds is 5. The lowest BCUT2D eigenvalue weighted by Crippen LogP contribution is -2.62. The maximum absolute atomic E-state index is 12.4. The number of fused-ring (bicyclic) bond motifs is 1. The van der Waals surface area contributed by atoms with Gasteiger partial charge in [-0.15, -0.1) is 18.2 Å². The summed E-state index contributed by atoms with van der Waals surface area (Å²) in [6.07, 6.45) is 6.74. The Bertz CT molecular complexity index is 743. The topological polar surface area (TPSA) is 75.7 Å². The van der Waals surface area contributed by atoms with Crippen molar-refractivity contribution in [2.24, 2.45) is 0 Å². The minimum Gasteiger partial charge on any atom is -0.459 e. The molecule has 2 fully saturated rings. The average molecular weight is 358 g/mol. The summed E-state index contributed by atoms with van der Waals surface area (Å²) in [5.41, 5.74) is 0.385. The first-order valence-corrected chi connectivity index (χ1v) is 9.03. The molecule has 2 atom stereocenters. The lowest BCUT2D eigenvalue weighted by molar-refractivity contribution is -0.148. The molecule has 7 heteroatoms. The van der Waals surface area contributed by atoms with Crippen LogP contribution in [0.4, 0.5) is 0 Å². The van der Waals surface area contributed by atoms with Crippen molar-refractivity contribution in [3.63, 3.8) is 0 Å². The van der Waals surface area contributed by atoms with E-state index in [0.717, 1.165) is 11.3 Å². The first-order valence-electron chi connectivity index (χ1n) is 8.04. The van der Waals surface area contributed by atoms with E-state index in [-0.39, 0.29) is 24.5 Å². The molecule has 1 N–H and O–H groups in total. The molecule has 0 bridgehead atoms. The van der Waals surface area contributed by atoms with Crippen molar-refractivity contribution in [3.05, 3.63) is 29.8 Å². The van der Waals surface area contributed by atoms with E-state index in [0.29, 0.717) is 24.3 Å². The van der Waals surface area contributed by atoms with Crippen LogP contribution in [0.15, 0.2) is 29.2 Å². The number of benzene rings is 1. The summed E-state index contributed by atoms with van der Waals surface area (Å²) in [6, 6.07) is 5.76. The summed E-state index contributed by atoms with van der Waals surface area (Å²) in [5, 5.41) is 2.65. The standard InChI is InChI=1S/C18H18N2O4S/c1-2-9-25-13-6-3-5-12(10-13)18(23)24-11-14-17(22)20-8-4-7-15(20)16(21)19-14/h1,3,5-6,10,14-15H,4,7-9,11H2,(H,19,21)/t14-,15-/m0/s1. The molecule has 0 radical (unpaired) electrons. The zero-order chi connectivity index (χ0) is 17.8. The molecular formula is C18H18N2O4S. The summed E-state index contributed by atoms with van der Waals surface area (Å²) in [7, 11) is 0. The van der Waals surface area contributed by atoms with E-state index in [9.17, 15) is 14.4 Å². The van der Waals surface area contributed by atoms with Crippen LogP contribution in [0, 0.1) is 12.3 Å². The number of nitrogens with one attached hydrogen (secondary N) is 1. The third-order valence-corrected chi connectivity index (χ3v) is 5.12. The van der Waals surface area contributed by atoms with Gasteiger partial charge in [-0.3, -0.25) is 9.59 Å². The summed E-state index contributed by atoms with van der Waals surface area (Å²) < 4.78 is 5.24. The van der Waals surface area contributed by atoms with Gasteiger partial charge >= 0.3 is 5.97 Å². The number of hydrogen-bond acceptors (Lipinski definition) is 5. The molecule has 2 heterocycles. The highest BCUT2D eigenvalue weighted by Crippen LogP contribution is 2.22. The molecule has 2 aliphatic rings. The predicted octanol–water partition coefficient (Wildman–Crippen LogP) is 1.06. The van der Waals surface area contributed by atoms with Gasteiger partial charge in [-0.1, -0.05) is 12.0 Å². The number of thioether (sulfide) groups is 1. The summed E-state index contributed by atoms with van der Waals surface area (Å²) in [5.74, 6) is 2.14. The van der Waals surface area contributed by atoms with Gasteiger partial charge in [0.05, 0.1) is 11.3 Å². The Balaban J connectivity index is 1.60. The van der Waals surface area contributed by atoms with Crippen molar-refractivity contribution >= 4 is 29.5 Å². The number of hydrogen-bond donors (Lipinski definition) is 1. The highest BCUT2D eigenvalue weighted by Gasteiger charge is 2.43. The highest BCUT2D eigenvalue weighted by molar-refractivity contribution is 7.99. The van der Waals surface area contributed by atoms with E-state index in [2.05, 4.69) is 11.2 Å². The van der Waals surface area contributed by atoms with Gasteiger partial charge in [0.15, 0.2) is 0 Å². The fraction of sp³-hybridized carbons (Fsp3) is 0.389. The lowest BCUT2D eigenvalue weighted by atomic mass is 10.1. The molecule has 2 amide bonds. The lowest BCUT2D eigenvalue weighted by Gasteiger charge is -2.34. The Kier molecular flexibility index (Phi) is 5.29. The predicted molar refractivity (Wildman–Crippen MR) is 92.9 cm³/mol. The molecule has 0 aromatic heterocycles. The third kappa shape index (κ3) is 3.80. The number of ether oxygens (including phenoxy) is 1. The van der Waals surface area contributed by atoms with Crippen LogP contribution < -0.4 is 5.32 Å². The molecule has 2 aliphatic heterocycles. The van der Waals surface area contributed by atoms with E-state index >= 15 is 0 Å². The highest BCUT2D eigenvalue weighted by atomic mass is 32.2. The molecule has 0 unspecified atom stereocenters. The van der Waals surface area contributed by atoms with Crippen LogP contribution >= 0.6 is 11.8 Å². The van der Waals surface area contributed by atoms with Gasteiger partial charge in [-0.2, -0.15) is 0 Å². The van der Waals surface area contributed by atoms with Gasteiger partial charge in [0.25, 0.3) is 0 Å². The van der Waals surface area contributed by atoms with Crippen LogP contribution in [0.25, 0.3) is 0 Å². The second-order valence-electron chi connectivity index (χ2n) is 5.87. The zero-order valence-corrected chi connectivity index (χ0v) is 14.4. The van der Waals surface area contributed by atoms with E-state index < -0.39 is 12.0 Å². The van der Waals surface area contributed by atoms with Gasteiger partial charge in [-0.05, 0) is 31.0 Å². The maximum Gasteiger partial charge on any atom is 0.338 e. The minimum atomic E-state index is -0.815. The van der Waals surface area contributed by atoms with Gasteiger partial charge in [-0.25, -0.2) is 4.79 Å². The van der Waals surface area contributed by atoms with Gasteiger partial charge < -0.3 is 15.0 Å². The molecule has 130 valence electrons. The summed E-state index contributed by atoms with van der Waals surface area (Å²) >= 11 is 1.45. The molecule has 6 nitrogen and oxygen atoms in total. The SMILES string of the molecule is C#CCSc1cccc(C(=O)OC[C@@H]2NC(=O)[C@@H]3CCCN3C2=O)c1. The smallest absolute Gasteiger partial charge is 0.338 e. The Labute approximate surface area is 150 Å². The van der Waals surface area contributed by atoms with E-state index in [1.165, 1.54) is 11.8 Å². The molecule has 3 rings (SSSR count). The van der Waals surface area contributed by atoms with Crippen LogP contribution in [0.2, 0.25) is 0 Å². The van der Waals surface area contributed by atoms with E-state index in [1.54, 1.807) is 23.1 Å². The average Bonchev–Trinajstić information content (AvgIpc) is 3.12. The summed E-state index contributed by atoms with van der Waals surface area (Å²) in [6.45, 7) is 0.407. The van der Waals surface area contributed by atoms with Gasteiger partial charge in [0.2, 0.25) is 11.8 Å². The third-order valence-electron chi connectivity index (χ3n) is 4.23. The second-order valence-corrected chi connectivity index (χ2v) is 6.92. The van der Waals surface area contributed by atoms with Crippen LogP contribution in [-0.2, 0) is 14.3 Å². The minimum absolute atomic E-state index is 0.172. The quantitative estimate of drug-likeness (QED) is 0.484. The summed E-state index contributed by atoms with van der Waals surface area (Å²) in [4.78, 5) is 39.1. The van der Waals surface area contributed by atoms with Crippen LogP contribution in [0.3, 0.4) is 0 Å². The molecule has 1 aromatic rings. The Morgan fingerprint density at radius 1 is 1.44 bits per heavy atom. The molecular weight excluding hydrogens is 340 g/mol. The number of terminal acetylenes is 1. The maximum atomic E-state index is 12.4. The van der Waals surface area contributed by atoms with Crippen LogP contribution in [0.1, 0.15) is 23.2 Å². The monoisotopic (exact) mass is 358 g/mol. The van der Waals surface area contributed by atoms with Crippen molar-refractivity contribution < 1.29 is 19.1 Å². The van der Waals surface area contributed by atoms with Gasteiger partial charge in [0, 0.05) is 11.4 Å². The number of piperazine rings is 1. The first kappa shape index (κ1) is 17.4. The largest absolute Gasteiger partial charge is 0.459 e. The molecule has 25 heavy (non-hydrogen) atoms. The molecule has 0 aliphatic carbocycles. The number of amides is 2. The fourth-order valence-corrected chi connectivity index (χ4v) is 3.66. The number of carbonyl (C=O) groups excluding carboxylic acids is 3. The normalized spacial score (nSPS) is 22.1. The number of esters is 1. The second kappa shape index (κ2) is 7.62. The first-order chi connectivity index (χ1) is 12.1. The number of nitrogens with zero attached hydrogens (tertiary/aromatic N) is 1. The van der Waals surface area contributed by atoms with Crippen LogP contribution in [0.5, 0.6) is 0 Å². The van der Waals surface area contributed by atoms with E-state index in [4.69, 9.17) is 11.2 Å². The van der Waals surface area contributed by atoms with Crippen molar-refractivity contribution in [1.82, 2.24) is 10.2 Å². The van der Waals surface area contributed by atoms with Crippen molar-refractivity contribution in [3.8, 4) is 12.3 Å². The molecule has 1 aromatic carbocycles. The van der Waals surface area contributed by atoms with Crippen LogP contribution in [-0.4, -0.2) is 53.7 Å². The molecule has 0 saturated carbocycles. The Morgan fingerprint density at radius 3 is 3.08 bits per heavy atom. The van der Waals surface area contributed by atoms with Crippen molar-refractivity contribution in [2.75, 3.05) is 18.9 Å². The molecule has 2 saturated heterocycles. The van der Waals surface area contributed by atoms with Crippen molar-refractivity contribution in [2.45, 2.75) is 29.8 Å². The zero-order valence-electron chi connectivity index (χ0n) is 13.6. The van der Waals surface area contributed by atoms with Crippen molar-refractivity contribution in [1.29, 1.82) is 0 Å². The molecule has 0 spiro atoms.